The Morgan fingerprint density at radius 3 is 2.44 bits per heavy atom. The minimum atomic E-state index is -0.375. The molecule has 0 radical (unpaired) electrons. The van der Waals surface area contributed by atoms with Crippen molar-refractivity contribution in [3.05, 3.63) is 65.5 Å². The number of likely N-dealkylation sites (tertiary alicyclic amines) is 1. The Labute approximate surface area is 212 Å². The first-order valence-corrected chi connectivity index (χ1v) is 12.9. The summed E-state index contributed by atoms with van der Waals surface area (Å²) in [7, 11) is 0. The molecule has 0 spiro atoms. The Morgan fingerprint density at radius 2 is 1.78 bits per heavy atom. The van der Waals surface area contributed by atoms with Gasteiger partial charge in [0.15, 0.2) is 0 Å². The Kier molecular flexibility index (Phi) is 8.93. The zero-order chi connectivity index (χ0) is 25.5. The molecule has 2 unspecified atom stereocenters. The van der Waals surface area contributed by atoms with Gasteiger partial charge in [-0.3, -0.25) is 4.90 Å². The van der Waals surface area contributed by atoms with Crippen LogP contribution in [0, 0.1) is 11.7 Å². The molecule has 36 heavy (non-hydrogen) atoms. The van der Waals surface area contributed by atoms with Crippen LogP contribution in [-0.2, 0) is 15.9 Å². The lowest BCUT2D eigenvalue weighted by atomic mass is 9.89. The van der Waals surface area contributed by atoms with E-state index in [0.717, 1.165) is 32.4 Å². The van der Waals surface area contributed by atoms with Gasteiger partial charge in [0.2, 0.25) is 0 Å². The number of nitrogens with one attached hydrogen (secondary N) is 1. The van der Waals surface area contributed by atoms with E-state index in [1.54, 1.807) is 36.1 Å². The number of esters is 1. The molecule has 194 valence electrons. The fraction of sp³-hybridized carbons (Fsp3) is 0.500. The van der Waals surface area contributed by atoms with Crippen LogP contribution >= 0.6 is 0 Å². The van der Waals surface area contributed by atoms with E-state index in [1.165, 1.54) is 17.7 Å². The van der Waals surface area contributed by atoms with Crippen molar-refractivity contribution in [1.29, 1.82) is 0 Å². The van der Waals surface area contributed by atoms with Crippen molar-refractivity contribution in [1.82, 2.24) is 9.80 Å². The number of nitrogens with zero attached hydrogens (tertiary/aromatic N) is 2. The number of carbonyl (C=O) groups is 2. The van der Waals surface area contributed by atoms with Crippen molar-refractivity contribution in [2.45, 2.75) is 45.3 Å². The molecule has 2 fully saturated rings. The van der Waals surface area contributed by atoms with Crippen LogP contribution in [0.1, 0.15) is 42.6 Å². The van der Waals surface area contributed by atoms with Crippen molar-refractivity contribution in [2.24, 2.45) is 5.92 Å². The molecule has 0 bridgehead atoms. The molecule has 2 aliphatic rings. The van der Waals surface area contributed by atoms with E-state index in [9.17, 15) is 14.0 Å². The number of rotatable bonds is 7. The van der Waals surface area contributed by atoms with Crippen LogP contribution in [0.2, 0.25) is 0 Å². The highest BCUT2D eigenvalue weighted by Crippen LogP contribution is 2.25. The minimum Gasteiger partial charge on any atom is -0.462 e. The third kappa shape index (κ3) is 6.83. The topological polar surface area (TPSA) is 71.1 Å². The van der Waals surface area contributed by atoms with Crippen molar-refractivity contribution in [2.75, 3.05) is 44.7 Å². The third-order valence-electron chi connectivity index (χ3n) is 7.23. The zero-order valence-corrected chi connectivity index (χ0v) is 21.1. The highest BCUT2D eigenvalue weighted by molar-refractivity contribution is 5.92. The number of morpholine rings is 1. The normalized spacial score (nSPS) is 20.1. The molecule has 1 N–H and O–H groups in total. The summed E-state index contributed by atoms with van der Waals surface area (Å²) in [6.45, 7) is 7.83. The highest BCUT2D eigenvalue weighted by atomic mass is 19.1. The molecule has 2 aliphatic heterocycles. The Bertz CT molecular complexity index is 1010. The van der Waals surface area contributed by atoms with E-state index >= 15 is 0 Å². The lowest BCUT2D eigenvalue weighted by Crippen LogP contribution is -2.55. The van der Waals surface area contributed by atoms with Gasteiger partial charge in [-0.25, -0.2) is 14.0 Å². The van der Waals surface area contributed by atoms with Gasteiger partial charge in [0.05, 0.1) is 31.4 Å². The van der Waals surface area contributed by atoms with Gasteiger partial charge in [-0.1, -0.05) is 12.1 Å². The number of halogens is 1. The number of hydrogen-bond acceptors (Lipinski definition) is 5. The Balaban J connectivity index is 1.25. The van der Waals surface area contributed by atoms with E-state index in [-0.39, 0.29) is 30.0 Å². The number of benzene rings is 2. The SMILES string of the molecule is CCOC(=O)c1ccc(NC(=O)N2CCOC(C(C)N3CCC(Cc4ccc(F)cc4)CC3)C2)cc1. The van der Waals surface area contributed by atoms with Gasteiger partial charge in [0.25, 0.3) is 0 Å². The smallest absolute Gasteiger partial charge is 0.338 e. The first-order valence-electron chi connectivity index (χ1n) is 12.9. The summed E-state index contributed by atoms with van der Waals surface area (Å²) in [5, 5.41) is 2.92. The molecule has 2 heterocycles. The quantitative estimate of drug-likeness (QED) is 0.567. The summed E-state index contributed by atoms with van der Waals surface area (Å²) in [5.74, 6) is 0.0352. The Morgan fingerprint density at radius 1 is 1.08 bits per heavy atom. The first-order chi connectivity index (χ1) is 17.4. The van der Waals surface area contributed by atoms with Gasteiger partial charge in [-0.15, -0.1) is 0 Å². The van der Waals surface area contributed by atoms with Crippen LogP contribution < -0.4 is 5.32 Å². The maximum atomic E-state index is 13.2. The van der Waals surface area contributed by atoms with Gasteiger partial charge in [0.1, 0.15) is 5.82 Å². The minimum absolute atomic E-state index is 0.0515. The summed E-state index contributed by atoms with van der Waals surface area (Å²) in [4.78, 5) is 29.0. The molecule has 0 aromatic heterocycles. The fourth-order valence-corrected chi connectivity index (χ4v) is 5.01. The number of urea groups is 1. The molecule has 7 nitrogen and oxygen atoms in total. The summed E-state index contributed by atoms with van der Waals surface area (Å²) in [6, 6.07) is 13.6. The maximum absolute atomic E-state index is 13.2. The van der Waals surface area contributed by atoms with Gasteiger partial charge in [0, 0.05) is 18.3 Å². The van der Waals surface area contributed by atoms with Gasteiger partial charge < -0.3 is 19.7 Å². The molecule has 2 saturated heterocycles. The van der Waals surface area contributed by atoms with Gasteiger partial charge >= 0.3 is 12.0 Å². The second kappa shape index (κ2) is 12.3. The lowest BCUT2D eigenvalue weighted by molar-refractivity contribution is -0.0603. The number of anilines is 1. The third-order valence-corrected chi connectivity index (χ3v) is 7.23. The Hall–Kier alpha value is -2.97. The van der Waals surface area contributed by atoms with Crippen molar-refractivity contribution >= 4 is 17.7 Å². The largest absolute Gasteiger partial charge is 0.462 e. The highest BCUT2D eigenvalue weighted by Gasteiger charge is 2.33. The number of piperidine rings is 1. The summed E-state index contributed by atoms with van der Waals surface area (Å²) < 4.78 is 24.2. The number of amides is 2. The maximum Gasteiger partial charge on any atom is 0.338 e. The van der Waals surface area contributed by atoms with Crippen molar-refractivity contribution in [3.8, 4) is 0 Å². The lowest BCUT2D eigenvalue weighted by Gasteiger charge is -2.42. The number of ether oxygens (including phenoxy) is 2. The number of carbonyl (C=O) groups excluding carboxylic acids is 2. The van der Waals surface area contributed by atoms with Crippen LogP contribution in [0.15, 0.2) is 48.5 Å². The van der Waals surface area contributed by atoms with E-state index < -0.39 is 0 Å². The molecule has 2 atom stereocenters. The molecule has 0 saturated carbocycles. The van der Waals surface area contributed by atoms with E-state index in [1.807, 2.05) is 12.1 Å². The van der Waals surface area contributed by atoms with E-state index in [2.05, 4.69) is 17.1 Å². The van der Waals surface area contributed by atoms with Crippen LogP contribution in [0.25, 0.3) is 0 Å². The molecule has 2 amide bonds. The zero-order valence-electron chi connectivity index (χ0n) is 21.1. The molecule has 8 heteroatoms. The van der Waals surface area contributed by atoms with E-state index in [4.69, 9.17) is 9.47 Å². The second-order valence-electron chi connectivity index (χ2n) is 9.63. The standard InChI is InChI=1S/C28H36FN3O4/c1-3-35-27(33)23-6-10-25(11-7-23)30-28(34)32-16-17-36-26(19-32)20(2)31-14-12-22(13-15-31)18-21-4-8-24(29)9-5-21/h4-11,20,22,26H,3,12-19H2,1-2H3,(H,30,34). The van der Waals surface area contributed by atoms with Crippen molar-refractivity contribution < 1.29 is 23.5 Å². The fourth-order valence-electron chi connectivity index (χ4n) is 5.01. The van der Waals surface area contributed by atoms with Crippen LogP contribution in [0.3, 0.4) is 0 Å². The van der Waals surface area contributed by atoms with E-state index in [0.29, 0.717) is 43.5 Å². The monoisotopic (exact) mass is 497 g/mol. The predicted molar refractivity (Wildman–Crippen MR) is 137 cm³/mol. The molecule has 2 aromatic rings. The second-order valence-corrected chi connectivity index (χ2v) is 9.63. The van der Waals surface area contributed by atoms with Crippen LogP contribution in [-0.4, -0.2) is 73.3 Å². The molecule has 2 aromatic carbocycles. The number of hydrogen-bond donors (Lipinski definition) is 1. The van der Waals surface area contributed by atoms with Crippen LogP contribution in [0.5, 0.6) is 0 Å². The summed E-state index contributed by atoms with van der Waals surface area (Å²) in [5.41, 5.74) is 2.28. The van der Waals surface area contributed by atoms with Gasteiger partial charge in [-0.2, -0.15) is 0 Å². The molecular formula is C28H36FN3O4. The average molecular weight is 498 g/mol. The predicted octanol–water partition coefficient (Wildman–Crippen LogP) is 4.58. The molecule has 4 rings (SSSR count). The first kappa shape index (κ1) is 26.1. The van der Waals surface area contributed by atoms with Crippen molar-refractivity contribution in [3.63, 3.8) is 0 Å². The van der Waals surface area contributed by atoms with Crippen LogP contribution in [0.4, 0.5) is 14.9 Å². The van der Waals surface area contributed by atoms with Gasteiger partial charge in [-0.05, 0) is 94.1 Å². The average Bonchev–Trinajstić information content (AvgIpc) is 2.90. The molecular weight excluding hydrogens is 461 g/mol. The molecule has 0 aliphatic carbocycles. The summed E-state index contributed by atoms with van der Waals surface area (Å²) >= 11 is 0. The summed E-state index contributed by atoms with van der Waals surface area (Å²) in [6.07, 6.45) is 3.13.